The zero-order chi connectivity index (χ0) is 17.4. The van der Waals surface area contributed by atoms with E-state index in [9.17, 15) is 4.79 Å². The van der Waals surface area contributed by atoms with E-state index in [1.807, 2.05) is 6.92 Å². The van der Waals surface area contributed by atoms with Gasteiger partial charge in [-0.05, 0) is 26.8 Å². The number of aromatic amines is 1. The van der Waals surface area contributed by atoms with Crippen molar-refractivity contribution < 1.29 is 4.79 Å². The van der Waals surface area contributed by atoms with E-state index in [2.05, 4.69) is 42.2 Å². The second-order valence-electron chi connectivity index (χ2n) is 7.25. The molecule has 8 nitrogen and oxygen atoms in total. The molecule has 3 heterocycles. The summed E-state index contributed by atoms with van der Waals surface area (Å²) in [6.07, 6.45) is 7.50. The summed E-state index contributed by atoms with van der Waals surface area (Å²) in [6, 6.07) is 0.250. The third-order valence-corrected chi connectivity index (χ3v) is 5.39. The molecule has 8 heteroatoms. The number of nitrogens with one attached hydrogen (secondary N) is 2. The summed E-state index contributed by atoms with van der Waals surface area (Å²) in [7, 11) is 2.06. The molecule has 1 atom stereocenters. The SMILES string of the molecule is C[C@H](NC(=O)c1n[nH]c2c1CN(C)CC2)c1nncn1C1CCCC1. The van der Waals surface area contributed by atoms with Gasteiger partial charge in [0, 0.05) is 36.8 Å². The third-order valence-electron chi connectivity index (χ3n) is 5.39. The Labute approximate surface area is 147 Å². The lowest BCUT2D eigenvalue weighted by molar-refractivity contribution is 0.0930. The van der Waals surface area contributed by atoms with Crippen molar-refractivity contribution >= 4 is 5.91 Å². The number of amides is 1. The van der Waals surface area contributed by atoms with Crippen LogP contribution in [0.3, 0.4) is 0 Å². The molecular formula is C17H25N7O. The maximum Gasteiger partial charge on any atom is 0.272 e. The zero-order valence-corrected chi connectivity index (χ0v) is 14.8. The Morgan fingerprint density at radius 3 is 3.00 bits per heavy atom. The second kappa shape index (κ2) is 6.59. The van der Waals surface area contributed by atoms with Gasteiger partial charge in [0.1, 0.15) is 6.33 Å². The summed E-state index contributed by atoms with van der Waals surface area (Å²) in [5, 5.41) is 18.7. The summed E-state index contributed by atoms with van der Waals surface area (Å²) in [4.78, 5) is 15.0. The predicted octanol–water partition coefficient (Wildman–Crippen LogP) is 1.60. The fourth-order valence-electron chi connectivity index (χ4n) is 3.97. The maximum atomic E-state index is 12.8. The molecular weight excluding hydrogens is 318 g/mol. The number of carbonyl (C=O) groups is 1. The van der Waals surface area contributed by atoms with E-state index in [1.54, 1.807) is 6.33 Å². The normalized spacial score (nSPS) is 19.8. The number of nitrogens with zero attached hydrogens (tertiary/aromatic N) is 5. The van der Waals surface area contributed by atoms with Gasteiger partial charge in [0.25, 0.3) is 5.91 Å². The first-order valence-electron chi connectivity index (χ1n) is 9.08. The lowest BCUT2D eigenvalue weighted by Gasteiger charge is -2.22. The lowest BCUT2D eigenvalue weighted by Crippen LogP contribution is -2.32. The monoisotopic (exact) mass is 343 g/mol. The molecule has 0 bridgehead atoms. The largest absolute Gasteiger partial charge is 0.341 e. The van der Waals surface area contributed by atoms with E-state index in [0.29, 0.717) is 11.7 Å². The van der Waals surface area contributed by atoms with Crippen LogP contribution in [0, 0.1) is 0 Å². The minimum atomic E-state index is -0.204. The van der Waals surface area contributed by atoms with Crippen molar-refractivity contribution in [2.24, 2.45) is 0 Å². The van der Waals surface area contributed by atoms with Crippen LogP contribution in [0.1, 0.15) is 72.3 Å². The molecule has 2 N–H and O–H groups in total. The smallest absolute Gasteiger partial charge is 0.272 e. The highest BCUT2D eigenvalue weighted by molar-refractivity contribution is 5.94. The molecule has 134 valence electrons. The van der Waals surface area contributed by atoms with Crippen LogP contribution in [0.15, 0.2) is 6.33 Å². The number of fused-ring (bicyclic) bond motifs is 1. The average Bonchev–Trinajstić information content (AvgIpc) is 3.33. The number of likely N-dealkylation sites (N-methyl/N-ethyl adjacent to an activating group) is 1. The Bertz CT molecular complexity index is 759. The fourth-order valence-corrected chi connectivity index (χ4v) is 3.97. The van der Waals surface area contributed by atoms with Crippen molar-refractivity contribution in [1.82, 2.24) is 35.2 Å². The van der Waals surface area contributed by atoms with Crippen molar-refractivity contribution in [3.63, 3.8) is 0 Å². The highest BCUT2D eigenvalue weighted by atomic mass is 16.2. The van der Waals surface area contributed by atoms with Crippen LogP contribution in [0.5, 0.6) is 0 Å². The molecule has 0 saturated heterocycles. The summed E-state index contributed by atoms with van der Waals surface area (Å²) < 4.78 is 2.13. The van der Waals surface area contributed by atoms with Gasteiger partial charge in [-0.1, -0.05) is 12.8 Å². The molecule has 1 amide bonds. The number of aromatic nitrogens is 5. The van der Waals surface area contributed by atoms with E-state index in [1.165, 1.54) is 12.8 Å². The number of hydrogen-bond donors (Lipinski definition) is 2. The molecule has 0 spiro atoms. The summed E-state index contributed by atoms with van der Waals surface area (Å²) in [5.41, 5.74) is 2.58. The third kappa shape index (κ3) is 3.06. The van der Waals surface area contributed by atoms with E-state index >= 15 is 0 Å². The Morgan fingerprint density at radius 2 is 2.20 bits per heavy atom. The van der Waals surface area contributed by atoms with Crippen LogP contribution in [-0.4, -0.2) is 49.4 Å². The molecule has 1 fully saturated rings. The van der Waals surface area contributed by atoms with Crippen molar-refractivity contribution in [3.8, 4) is 0 Å². The first-order valence-corrected chi connectivity index (χ1v) is 9.08. The van der Waals surface area contributed by atoms with Gasteiger partial charge >= 0.3 is 0 Å². The van der Waals surface area contributed by atoms with Crippen molar-refractivity contribution in [2.75, 3.05) is 13.6 Å². The average molecular weight is 343 g/mol. The predicted molar refractivity (Wildman–Crippen MR) is 92.0 cm³/mol. The van der Waals surface area contributed by atoms with E-state index in [4.69, 9.17) is 0 Å². The van der Waals surface area contributed by atoms with Crippen molar-refractivity contribution in [2.45, 2.75) is 57.7 Å². The molecule has 25 heavy (non-hydrogen) atoms. The van der Waals surface area contributed by atoms with Crippen LogP contribution in [0.4, 0.5) is 0 Å². The molecule has 0 aromatic carbocycles. The lowest BCUT2D eigenvalue weighted by atomic mass is 10.1. The van der Waals surface area contributed by atoms with Gasteiger partial charge in [-0.3, -0.25) is 9.89 Å². The molecule has 0 radical (unpaired) electrons. The van der Waals surface area contributed by atoms with E-state index in [0.717, 1.165) is 49.4 Å². The van der Waals surface area contributed by atoms with Crippen LogP contribution in [0.2, 0.25) is 0 Å². The standard InChI is InChI=1S/C17H25N7O/c1-11(16-22-18-10-24(16)12-5-3-4-6-12)19-17(25)15-13-9-23(2)8-7-14(13)20-21-15/h10-12H,3-9H2,1-2H3,(H,19,25)(H,20,21)/t11-/m0/s1. The van der Waals surface area contributed by atoms with Crippen LogP contribution in [-0.2, 0) is 13.0 Å². The molecule has 2 aliphatic rings. The van der Waals surface area contributed by atoms with E-state index < -0.39 is 0 Å². The van der Waals surface area contributed by atoms with Crippen molar-refractivity contribution in [1.29, 1.82) is 0 Å². The van der Waals surface area contributed by atoms with Gasteiger partial charge in [-0.25, -0.2) is 0 Å². The first-order chi connectivity index (χ1) is 12.1. The zero-order valence-electron chi connectivity index (χ0n) is 14.8. The van der Waals surface area contributed by atoms with Gasteiger partial charge in [-0.15, -0.1) is 10.2 Å². The number of carbonyl (C=O) groups excluding carboxylic acids is 1. The van der Waals surface area contributed by atoms with Crippen LogP contribution < -0.4 is 5.32 Å². The highest BCUT2D eigenvalue weighted by Gasteiger charge is 2.27. The van der Waals surface area contributed by atoms with Crippen LogP contribution in [0.25, 0.3) is 0 Å². The van der Waals surface area contributed by atoms with Crippen molar-refractivity contribution in [3.05, 3.63) is 29.1 Å². The molecule has 2 aromatic heterocycles. The first kappa shape index (κ1) is 16.3. The molecule has 1 saturated carbocycles. The van der Waals surface area contributed by atoms with Gasteiger partial charge < -0.3 is 14.8 Å². The number of hydrogen-bond acceptors (Lipinski definition) is 5. The molecule has 2 aromatic rings. The molecule has 4 rings (SSSR count). The van der Waals surface area contributed by atoms with Gasteiger partial charge in [0.15, 0.2) is 11.5 Å². The van der Waals surface area contributed by atoms with Crippen LogP contribution >= 0.6 is 0 Å². The van der Waals surface area contributed by atoms with Gasteiger partial charge in [0.05, 0.1) is 6.04 Å². The Kier molecular flexibility index (Phi) is 4.29. The Balaban J connectivity index is 1.50. The van der Waals surface area contributed by atoms with Gasteiger partial charge in [0.2, 0.25) is 0 Å². The Hall–Kier alpha value is -2.22. The maximum absolute atomic E-state index is 12.8. The number of H-pyrrole nitrogens is 1. The highest BCUT2D eigenvalue weighted by Crippen LogP contribution is 2.31. The molecule has 0 unspecified atom stereocenters. The second-order valence-corrected chi connectivity index (χ2v) is 7.25. The van der Waals surface area contributed by atoms with E-state index in [-0.39, 0.29) is 11.9 Å². The fraction of sp³-hybridized carbons (Fsp3) is 0.647. The summed E-state index contributed by atoms with van der Waals surface area (Å²) in [5.74, 6) is 0.669. The summed E-state index contributed by atoms with van der Waals surface area (Å²) >= 11 is 0. The topological polar surface area (TPSA) is 91.7 Å². The Morgan fingerprint density at radius 1 is 1.40 bits per heavy atom. The molecule has 1 aliphatic carbocycles. The minimum Gasteiger partial charge on any atom is -0.341 e. The quantitative estimate of drug-likeness (QED) is 0.880. The molecule has 1 aliphatic heterocycles. The van der Waals surface area contributed by atoms with Gasteiger partial charge in [-0.2, -0.15) is 5.10 Å². The minimum absolute atomic E-state index is 0.152. The summed E-state index contributed by atoms with van der Waals surface area (Å²) in [6.45, 7) is 3.69. The number of rotatable bonds is 4.